The Hall–Kier alpha value is -3.24. The fourth-order valence-corrected chi connectivity index (χ4v) is 4.47. The number of anilines is 1. The lowest BCUT2D eigenvalue weighted by Crippen LogP contribution is -2.21. The number of carbonyl (C=O) groups is 1. The summed E-state index contributed by atoms with van der Waals surface area (Å²) in [7, 11) is 0. The predicted molar refractivity (Wildman–Crippen MR) is 128 cm³/mol. The fourth-order valence-electron chi connectivity index (χ4n) is 3.49. The summed E-state index contributed by atoms with van der Waals surface area (Å²) < 4.78 is 1.08. The monoisotopic (exact) mass is 412 g/mol. The lowest BCUT2D eigenvalue weighted by molar-refractivity contribution is 0.105. The van der Waals surface area contributed by atoms with Crippen LogP contribution in [0.1, 0.15) is 34.8 Å². The molecule has 150 valence electrons. The number of hydrogen-bond donors (Lipinski definition) is 0. The van der Waals surface area contributed by atoms with Crippen molar-refractivity contribution in [2.75, 3.05) is 18.0 Å². The highest BCUT2D eigenvalue weighted by atomic mass is 32.1. The highest BCUT2D eigenvalue weighted by molar-refractivity contribution is 7.20. The molecule has 0 radical (unpaired) electrons. The molecular weight excluding hydrogens is 388 g/mol. The number of allylic oxidation sites excluding steroid dienone is 1. The number of hydrogen-bond acceptors (Lipinski definition) is 4. The molecule has 0 saturated heterocycles. The van der Waals surface area contributed by atoms with Crippen LogP contribution in [0.3, 0.4) is 0 Å². The Balaban J connectivity index is 1.77. The normalized spacial score (nSPS) is 11.6. The molecule has 0 aliphatic heterocycles. The zero-order valence-corrected chi connectivity index (χ0v) is 18.0. The number of ketones is 1. The van der Waals surface area contributed by atoms with Crippen LogP contribution < -0.4 is 4.90 Å². The molecule has 3 nitrogen and oxygen atoms in total. The molecule has 0 aliphatic rings. The summed E-state index contributed by atoms with van der Waals surface area (Å²) in [5, 5.41) is 0.748. The van der Waals surface area contributed by atoms with Gasteiger partial charge in [0.1, 0.15) is 5.01 Å². The number of para-hydroxylation sites is 1. The highest BCUT2D eigenvalue weighted by Gasteiger charge is 2.18. The molecule has 1 heterocycles. The molecule has 0 fully saturated rings. The van der Waals surface area contributed by atoms with Gasteiger partial charge in [-0.3, -0.25) is 4.79 Å². The van der Waals surface area contributed by atoms with Crippen LogP contribution in [0.4, 0.5) is 5.69 Å². The Bertz CT molecular complexity index is 1140. The van der Waals surface area contributed by atoms with Crippen molar-refractivity contribution in [1.82, 2.24) is 4.98 Å². The second-order valence-electron chi connectivity index (χ2n) is 7.00. The zero-order valence-electron chi connectivity index (χ0n) is 17.2. The summed E-state index contributed by atoms with van der Waals surface area (Å²) in [4.78, 5) is 20.4. The van der Waals surface area contributed by atoms with Gasteiger partial charge in [0.05, 0.1) is 15.8 Å². The Kier molecular flexibility index (Phi) is 6.05. The van der Waals surface area contributed by atoms with Gasteiger partial charge in [0.25, 0.3) is 0 Å². The maximum absolute atomic E-state index is 13.4. The van der Waals surface area contributed by atoms with Gasteiger partial charge in [-0.15, -0.1) is 11.3 Å². The van der Waals surface area contributed by atoms with Crippen LogP contribution in [0.2, 0.25) is 0 Å². The van der Waals surface area contributed by atoms with Crippen molar-refractivity contribution in [3.63, 3.8) is 0 Å². The minimum Gasteiger partial charge on any atom is -0.372 e. The van der Waals surface area contributed by atoms with E-state index in [1.165, 1.54) is 5.69 Å². The van der Waals surface area contributed by atoms with Crippen molar-refractivity contribution < 1.29 is 4.79 Å². The van der Waals surface area contributed by atoms with Gasteiger partial charge in [0, 0.05) is 24.3 Å². The number of thiazole rings is 1. The summed E-state index contributed by atoms with van der Waals surface area (Å²) in [5.41, 5.74) is 4.39. The van der Waals surface area contributed by atoms with E-state index in [0.29, 0.717) is 11.1 Å². The fraction of sp³-hybridized carbons (Fsp3) is 0.154. The third-order valence-corrected chi connectivity index (χ3v) is 6.21. The number of Topliss-reactive ketones (excluding diaryl/α,β-unsaturated/α-hetero) is 1. The molecule has 4 aromatic rings. The van der Waals surface area contributed by atoms with Crippen LogP contribution in [-0.4, -0.2) is 23.9 Å². The molecule has 0 atom stereocenters. The average Bonchev–Trinajstić information content (AvgIpc) is 3.23. The van der Waals surface area contributed by atoms with E-state index in [-0.39, 0.29) is 5.78 Å². The van der Waals surface area contributed by atoms with Crippen LogP contribution in [0, 0.1) is 0 Å². The van der Waals surface area contributed by atoms with E-state index in [2.05, 4.69) is 43.0 Å². The number of benzene rings is 3. The van der Waals surface area contributed by atoms with Crippen molar-refractivity contribution in [3.8, 4) is 0 Å². The molecule has 1 aromatic heterocycles. The van der Waals surface area contributed by atoms with Gasteiger partial charge in [-0.1, -0.05) is 54.6 Å². The lowest BCUT2D eigenvalue weighted by atomic mass is 10.0. The van der Waals surface area contributed by atoms with E-state index in [0.717, 1.165) is 33.9 Å². The van der Waals surface area contributed by atoms with E-state index >= 15 is 0 Å². The van der Waals surface area contributed by atoms with Crippen molar-refractivity contribution in [2.24, 2.45) is 0 Å². The van der Waals surface area contributed by atoms with Gasteiger partial charge >= 0.3 is 0 Å². The van der Waals surface area contributed by atoms with Crippen LogP contribution in [-0.2, 0) is 0 Å². The summed E-state index contributed by atoms with van der Waals surface area (Å²) in [5.74, 6) is -0.0116. The summed E-state index contributed by atoms with van der Waals surface area (Å²) in [6, 6.07) is 25.8. The van der Waals surface area contributed by atoms with Gasteiger partial charge in [0.15, 0.2) is 5.78 Å². The lowest BCUT2D eigenvalue weighted by Gasteiger charge is -2.20. The Morgan fingerprint density at radius 3 is 2.23 bits per heavy atom. The first kappa shape index (κ1) is 20.0. The number of fused-ring (bicyclic) bond motifs is 1. The number of carbonyl (C=O) groups excluding carboxylic acids is 1. The number of aromatic nitrogens is 1. The average molecular weight is 413 g/mol. The summed E-state index contributed by atoms with van der Waals surface area (Å²) in [6.07, 6.45) is 1.96. The molecule has 0 aliphatic carbocycles. The largest absolute Gasteiger partial charge is 0.372 e. The van der Waals surface area contributed by atoms with Crippen LogP contribution in [0.15, 0.2) is 78.9 Å². The van der Waals surface area contributed by atoms with Crippen LogP contribution in [0.25, 0.3) is 21.9 Å². The third-order valence-electron chi connectivity index (χ3n) is 5.14. The number of nitrogens with zero attached hydrogens (tertiary/aromatic N) is 2. The first-order valence-electron chi connectivity index (χ1n) is 10.2. The Labute approximate surface area is 181 Å². The zero-order chi connectivity index (χ0) is 20.9. The van der Waals surface area contributed by atoms with Crippen LogP contribution >= 0.6 is 11.3 Å². The Morgan fingerprint density at radius 1 is 0.900 bits per heavy atom. The van der Waals surface area contributed by atoms with E-state index in [1.807, 2.05) is 60.7 Å². The second kappa shape index (κ2) is 9.06. The van der Waals surface area contributed by atoms with Gasteiger partial charge in [0.2, 0.25) is 0 Å². The third kappa shape index (κ3) is 4.19. The van der Waals surface area contributed by atoms with E-state index in [9.17, 15) is 4.79 Å². The van der Waals surface area contributed by atoms with Crippen molar-refractivity contribution in [3.05, 3.63) is 95.0 Å². The molecule has 0 N–H and O–H groups in total. The van der Waals surface area contributed by atoms with Gasteiger partial charge in [-0.25, -0.2) is 4.98 Å². The second-order valence-corrected chi connectivity index (χ2v) is 8.03. The summed E-state index contributed by atoms with van der Waals surface area (Å²) >= 11 is 1.55. The van der Waals surface area contributed by atoms with E-state index in [4.69, 9.17) is 4.98 Å². The molecule has 3 aromatic carbocycles. The highest BCUT2D eigenvalue weighted by Crippen LogP contribution is 2.31. The minimum absolute atomic E-state index is 0.0116. The molecule has 0 bridgehead atoms. The molecule has 0 saturated carbocycles. The van der Waals surface area contributed by atoms with Gasteiger partial charge in [-0.05, 0) is 49.8 Å². The topological polar surface area (TPSA) is 33.2 Å². The molecule has 0 unspecified atom stereocenters. The molecule has 4 rings (SSSR count). The smallest absolute Gasteiger partial charge is 0.196 e. The molecule has 4 heteroatoms. The van der Waals surface area contributed by atoms with Crippen molar-refractivity contribution in [2.45, 2.75) is 13.8 Å². The van der Waals surface area contributed by atoms with Crippen molar-refractivity contribution in [1.29, 1.82) is 0 Å². The summed E-state index contributed by atoms with van der Waals surface area (Å²) in [6.45, 7) is 6.24. The quantitative estimate of drug-likeness (QED) is 0.254. The van der Waals surface area contributed by atoms with E-state index in [1.54, 1.807) is 11.3 Å². The van der Waals surface area contributed by atoms with Gasteiger partial charge < -0.3 is 4.90 Å². The first-order valence-corrected chi connectivity index (χ1v) is 11.0. The SMILES string of the molecule is CCN(CC)c1ccc(C=C(C(=O)c2ccccc2)c2nc3ccccc3s2)cc1. The maximum atomic E-state index is 13.4. The minimum atomic E-state index is -0.0116. The van der Waals surface area contributed by atoms with Crippen LogP contribution in [0.5, 0.6) is 0 Å². The maximum Gasteiger partial charge on any atom is 0.196 e. The standard InChI is InChI=1S/C26H24N2OS/c1-3-28(4-2)21-16-14-19(15-17-21)18-22(25(29)20-10-6-5-7-11-20)26-27-23-12-8-9-13-24(23)30-26/h5-18H,3-4H2,1-2H3. The predicted octanol–water partition coefficient (Wildman–Crippen LogP) is 6.57. The van der Waals surface area contributed by atoms with E-state index < -0.39 is 0 Å². The molecule has 0 amide bonds. The van der Waals surface area contributed by atoms with Crippen molar-refractivity contribution >= 4 is 44.7 Å². The Morgan fingerprint density at radius 2 is 1.57 bits per heavy atom. The molecule has 0 spiro atoms. The molecule has 30 heavy (non-hydrogen) atoms. The first-order chi connectivity index (χ1) is 14.7. The van der Waals surface area contributed by atoms with Gasteiger partial charge in [-0.2, -0.15) is 0 Å². The number of rotatable bonds is 7. The molecular formula is C26H24N2OS.